The molecule has 1 atom stereocenters. The summed E-state index contributed by atoms with van der Waals surface area (Å²) >= 11 is 1.17. The van der Waals surface area contributed by atoms with Crippen molar-refractivity contribution in [2.45, 2.75) is 44.6 Å². The average Bonchev–Trinajstić information content (AvgIpc) is 2.48. The maximum Gasteiger partial charge on any atom is 0.348 e. The number of rotatable bonds is 6. The number of nitrogens with one attached hydrogen (secondary N) is 2. The molecule has 8 nitrogen and oxygen atoms in total. The number of thioether (sulfide) groups is 1. The molecule has 2 aromatic heterocycles. The van der Waals surface area contributed by atoms with E-state index in [-0.39, 0.29) is 17.2 Å². The molecule has 0 aliphatic rings. The van der Waals surface area contributed by atoms with Crippen molar-refractivity contribution in [2.24, 2.45) is 0 Å². The molecule has 9 heteroatoms. The summed E-state index contributed by atoms with van der Waals surface area (Å²) in [6.45, 7) is 7.71. The van der Waals surface area contributed by atoms with Gasteiger partial charge in [0.25, 0.3) is 5.56 Å². The molecule has 134 valence electrons. The molecular formula is C16H21N5O3S. The SMILES string of the molecule is Cc1cc(=O)[nH]c(S[C@@H](C)C(=O)NCCn2c(C)cc(C)nc2=O)n1. The minimum Gasteiger partial charge on any atom is -0.353 e. The van der Waals surface area contributed by atoms with E-state index in [1.807, 2.05) is 13.0 Å². The van der Waals surface area contributed by atoms with Gasteiger partial charge in [-0.1, -0.05) is 11.8 Å². The second-order valence-electron chi connectivity index (χ2n) is 5.72. The molecule has 2 aromatic rings. The molecule has 0 saturated heterocycles. The van der Waals surface area contributed by atoms with E-state index in [0.717, 1.165) is 5.69 Å². The summed E-state index contributed by atoms with van der Waals surface area (Å²) in [6.07, 6.45) is 0. The van der Waals surface area contributed by atoms with Gasteiger partial charge >= 0.3 is 5.69 Å². The summed E-state index contributed by atoms with van der Waals surface area (Å²) in [7, 11) is 0. The van der Waals surface area contributed by atoms with Gasteiger partial charge in [0.15, 0.2) is 5.16 Å². The number of aromatic amines is 1. The third-order valence-electron chi connectivity index (χ3n) is 3.49. The van der Waals surface area contributed by atoms with Gasteiger partial charge < -0.3 is 10.3 Å². The van der Waals surface area contributed by atoms with Crippen molar-refractivity contribution in [1.29, 1.82) is 0 Å². The monoisotopic (exact) mass is 363 g/mol. The summed E-state index contributed by atoms with van der Waals surface area (Å²) in [4.78, 5) is 46.2. The van der Waals surface area contributed by atoms with Crippen molar-refractivity contribution < 1.29 is 4.79 Å². The Morgan fingerprint density at radius 3 is 2.56 bits per heavy atom. The second-order valence-corrected chi connectivity index (χ2v) is 7.05. The molecule has 0 aromatic carbocycles. The van der Waals surface area contributed by atoms with E-state index in [9.17, 15) is 14.4 Å². The molecule has 0 aliphatic carbocycles. The first-order valence-corrected chi connectivity index (χ1v) is 8.71. The lowest BCUT2D eigenvalue weighted by Crippen LogP contribution is -2.36. The van der Waals surface area contributed by atoms with Crippen LogP contribution >= 0.6 is 11.8 Å². The molecule has 0 bridgehead atoms. The van der Waals surface area contributed by atoms with Crippen LogP contribution in [0.5, 0.6) is 0 Å². The third kappa shape index (κ3) is 5.28. The number of carbonyl (C=O) groups is 1. The molecule has 25 heavy (non-hydrogen) atoms. The molecule has 2 N–H and O–H groups in total. The molecule has 0 aliphatic heterocycles. The van der Waals surface area contributed by atoms with E-state index in [1.54, 1.807) is 20.8 Å². The van der Waals surface area contributed by atoms with Gasteiger partial charge in [0.1, 0.15) is 0 Å². The largest absolute Gasteiger partial charge is 0.353 e. The van der Waals surface area contributed by atoms with E-state index in [1.165, 1.54) is 22.4 Å². The molecule has 0 saturated carbocycles. The highest BCUT2D eigenvalue weighted by Gasteiger charge is 2.15. The number of aryl methyl sites for hydroxylation is 3. The van der Waals surface area contributed by atoms with Crippen molar-refractivity contribution in [3.63, 3.8) is 0 Å². The first-order valence-electron chi connectivity index (χ1n) is 7.83. The first-order chi connectivity index (χ1) is 11.8. The molecule has 2 rings (SSSR count). The summed E-state index contributed by atoms with van der Waals surface area (Å²) in [5, 5.41) is 2.76. The topological polar surface area (TPSA) is 110 Å². The minimum absolute atomic E-state index is 0.195. The predicted octanol–water partition coefficient (Wildman–Crippen LogP) is 0.549. The van der Waals surface area contributed by atoms with Crippen LogP contribution in [0.4, 0.5) is 0 Å². The number of nitrogens with zero attached hydrogens (tertiary/aromatic N) is 3. The lowest BCUT2D eigenvalue weighted by Gasteiger charge is -2.13. The number of amides is 1. The standard InChI is InChI=1S/C16H21N5O3S/c1-9-7-11(3)21(16(24)19-9)6-5-17-14(23)12(4)25-15-18-10(2)8-13(22)20-15/h7-8,12H,5-6H2,1-4H3,(H,17,23)(H,18,20,22)/t12-/m0/s1. The maximum absolute atomic E-state index is 12.2. The number of aromatic nitrogens is 4. The van der Waals surface area contributed by atoms with Gasteiger partial charge in [0.05, 0.1) is 5.25 Å². The Bertz CT molecular complexity index is 890. The van der Waals surface area contributed by atoms with Crippen LogP contribution in [-0.4, -0.2) is 37.2 Å². The smallest absolute Gasteiger partial charge is 0.348 e. The van der Waals surface area contributed by atoms with Gasteiger partial charge in [-0.25, -0.2) is 9.78 Å². The van der Waals surface area contributed by atoms with Crippen LogP contribution in [0.2, 0.25) is 0 Å². The Kier molecular flexibility index (Phi) is 6.13. The van der Waals surface area contributed by atoms with Gasteiger partial charge in [-0.05, 0) is 33.8 Å². The molecule has 0 fully saturated rings. The van der Waals surface area contributed by atoms with E-state index in [0.29, 0.717) is 29.6 Å². The zero-order chi connectivity index (χ0) is 18.6. The van der Waals surface area contributed by atoms with E-state index in [4.69, 9.17) is 0 Å². The van der Waals surface area contributed by atoms with Crippen LogP contribution in [0.15, 0.2) is 26.9 Å². The number of carbonyl (C=O) groups excluding carboxylic acids is 1. The van der Waals surface area contributed by atoms with Crippen LogP contribution < -0.4 is 16.6 Å². The number of H-pyrrole nitrogens is 1. The van der Waals surface area contributed by atoms with E-state index < -0.39 is 5.25 Å². The maximum atomic E-state index is 12.2. The van der Waals surface area contributed by atoms with Gasteiger partial charge in [-0.3, -0.25) is 14.2 Å². The quantitative estimate of drug-likeness (QED) is 0.573. The van der Waals surface area contributed by atoms with Crippen molar-refractivity contribution in [3.05, 3.63) is 50.1 Å². The Labute approximate surface area is 149 Å². The second kappa shape index (κ2) is 8.11. The summed E-state index contributed by atoms with van der Waals surface area (Å²) in [5.74, 6) is -0.195. The highest BCUT2D eigenvalue weighted by atomic mass is 32.2. The fourth-order valence-electron chi connectivity index (χ4n) is 2.31. The Morgan fingerprint density at radius 1 is 1.24 bits per heavy atom. The summed E-state index contributed by atoms with van der Waals surface area (Å²) in [5.41, 5.74) is 1.50. The fourth-order valence-corrected chi connectivity index (χ4v) is 3.19. The summed E-state index contributed by atoms with van der Waals surface area (Å²) in [6, 6.07) is 3.21. The Morgan fingerprint density at radius 2 is 1.92 bits per heavy atom. The van der Waals surface area contributed by atoms with Gasteiger partial charge in [0.2, 0.25) is 5.91 Å². The van der Waals surface area contributed by atoms with Gasteiger partial charge in [-0.15, -0.1) is 0 Å². The zero-order valence-corrected chi connectivity index (χ0v) is 15.4. The lowest BCUT2D eigenvalue weighted by atomic mass is 10.3. The van der Waals surface area contributed by atoms with Crippen LogP contribution in [0.25, 0.3) is 0 Å². The normalized spacial score (nSPS) is 12.0. The average molecular weight is 363 g/mol. The van der Waals surface area contributed by atoms with E-state index >= 15 is 0 Å². The highest BCUT2D eigenvalue weighted by molar-refractivity contribution is 8.00. The van der Waals surface area contributed by atoms with Crippen molar-refractivity contribution >= 4 is 17.7 Å². The van der Waals surface area contributed by atoms with Crippen molar-refractivity contribution in [2.75, 3.05) is 6.54 Å². The van der Waals surface area contributed by atoms with Gasteiger partial charge in [0, 0.05) is 36.2 Å². The highest BCUT2D eigenvalue weighted by Crippen LogP contribution is 2.18. The van der Waals surface area contributed by atoms with Gasteiger partial charge in [-0.2, -0.15) is 4.98 Å². The van der Waals surface area contributed by atoms with Crippen molar-refractivity contribution in [3.8, 4) is 0 Å². The first kappa shape index (κ1) is 18.9. The molecule has 1 amide bonds. The number of hydrogen-bond donors (Lipinski definition) is 2. The fraction of sp³-hybridized carbons (Fsp3) is 0.438. The Balaban J connectivity index is 1.92. The molecular weight excluding hydrogens is 342 g/mol. The molecule has 0 unspecified atom stereocenters. The van der Waals surface area contributed by atoms with Crippen LogP contribution in [0.3, 0.4) is 0 Å². The number of hydrogen-bond acceptors (Lipinski definition) is 6. The summed E-state index contributed by atoms with van der Waals surface area (Å²) < 4.78 is 1.52. The van der Waals surface area contributed by atoms with Crippen molar-refractivity contribution in [1.82, 2.24) is 24.8 Å². The molecule has 2 heterocycles. The zero-order valence-electron chi connectivity index (χ0n) is 14.6. The molecule has 0 radical (unpaired) electrons. The predicted molar refractivity (Wildman–Crippen MR) is 95.9 cm³/mol. The molecule has 0 spiro atoms. The third-order valence-corrected chi connectivity index (χ3v) is 4.47. The van der Waals surface area contributed by atoms with E-state index in [2.05, 4.69) is 20.3 Å². The lowest BCUT2D eigenvalue weighted by molar-refractivity contribution is -0.120. The minimum atomic E-state index is -0.432. The van der Waals surface area contributed by atoms with Crippen LogP contribution in [0.1, 0.15) is 24.0 Å². The van der Waals surface area contributed by atoms with Crippen LogP contribution in [-0.2, 0) is 11.3 Å². The van der Waals surface area contributed by atoms with Crippen LogP contribution in [0, 0.1) is 20.8 Å². The Hall–Kier alpha value is -2.42.